The van der Waals surface area contributed by atoms with Crippen LogP contribution in [0, 0.1) is 0 Å². The predicted molar refractivity (Wildman–Crippen MR) is 48.5 cm³/mol. The SMILES string of the molecule is NC[C@H](N)c1ccc2c(c1)OCO2. The number of ether oxygens (including phenoxy) is 2. The van der Waals surface area contributed by atoms with Gasteiger partial charge in [-0.05, 0) is 17.7 Å². The lowest BCUT2D eigenvalue weighted by Crippen LogP contribution is -2.20. The summed E-state index contributed by atoms with van der Waals surface area (Å²) in [6.45, 7) is 0.719. The summed E-state index contributed by atoms with van der Waals surface area (Å²) >= 11 is 0. The summed E-state index contributed by atoms with van der Waals surface area (Å²) in [7, 11) is 0. The van der Waals surface area contributed by atoms with Crippen molar-refractivity contribution in [1.29, 1.82) is 0 Å². The van der Waals surface area contributed by atoms with Gasteiger partial charge in [0.2, 0.25) is 6.79 Å². The van der Waals surface area contributed by atoms with Gasteiger partial charge in [-0.15, -0.1) is 0 Å². The van der Waals surface area contributed by atoms with Crippen LogP contribution in [0.4, 0.5) is 0 Å². The highest BCUT2D eigenvalue weighted by Crippen LogP contribution is 2.33. The van der Waals surface area contributed by atoms with Crippen molar-refractivity contribution in [2.24, 2.45) is 11.5 Å². The van der Waals surface area contributed by atoms with E-state index in [4.69, 9.17) is 20.9 Å². The van der Waals surface area contributed by atoms with Crippen molar-refractivity contribution in [3.8, 4) is 11.5 Å². The molecular formula is C9H12N2O2. The lowest BCUT2D eigenvalue weighted by Gasteiger charge is -2.08. The van der Waals surface area contributed by atoms with E-state index in [1.807, 2.05) is 18.2 Å². The molecule has 0 aliphatic carbocycles. The zero-order valence-corrected chi connectivity index (χ0v) is 7.19. The summed E-state index contributed by atoms with van der Waals surface area (Å²) in [4.78, 5) is 0. The van der Waals surface area contributed by atoms with Crippen molar-refractivity contribution in [1.82, 2.24) is 0 Å². The quantitative estimate of drug-likeness (QED) is 0.690. The first kappa shape index (κ1) is 8.34. The van der Waals surface area contributed by atoms with Crippen molar-refractivity contribution in [2.45, 2.75) is 6.04 Å². The molecule has 0 unspecified atom stereocenters. The molecule has 1 atom stereocenters. The largest absolute Gasteiger partial charge is 0.454 e. The van der Waals surface area contributed by atoms with Gasteiger partial charge >= 0.3 is 0 Å². The monoisotopic (exact) mass is 180 g/mol. The Hall–Kier alpha value is -1.26. The van der Waals surface area contributed by atoms with Gasteiger partial charge in [0.1, 0.15) is 0 Å². The Kier molecular flexibility index (Phi) is 2.08. The summed E-state index contributed by atoms with van der Waals surface area (Å²) in [6.07, 6.45) is 0. The van der Waals surface area contributed by atoms with E-state index in [1.165, 1.54) is 0 Å². The van der Waals surface area contributed by atoms with Crippen LogP contribution in [-0.4, -0.2) is 13.3 Å². The zero-order valence-electron chi connectivity index (χ0n) is 7.19. The summed E-state index contributed by atoms with van der Waals surface area (Å²) in [5.41, 5.74) is 12.2. The van der Waals surface area contributed by atoms with Gasteiger partial charge in [0.05, 0.1) is 0 Å². The van der Waals surface area contributed by atoms with Crippen LogP contribution in [0.5, 0.6) is 11.5 Å². The second-order valence-electron chi connectivity index (χ2n) is 2.95. The topological polar surface area (TPSA) is 70.5 Å². The number of hydrogen-bond donors (Lipinski definition) is 2. The molecule has 0 aromatic heterocycles. The fourth-order valence-electron chi connectivity index (χ4n) is 1.28. The molecule has 2 rings (SSSR count). The van der Waals surface area contributed by atoms with Gasteiger partial charge in [-0.3, -0.25) is 0 Å². The third-order valence-corrected chi connectivity index (χ3v) is 2.08. The summed E-state index contributed by atoms with van der Waals surface area (Å²) in [6, 6.07) is 5.51. The molecule has 4 nitrogen and oxygen atoms in total. The van der Waals surface area contributed by atoms with E-state index in [1.54, 1.807) is 0 Å². The molecule has 0 saturated carbocycles. The molecule has 4 heteroatoms. The number of fused-ring (bicyclic) bond motifs is 1. The Morgan fingerprint density at radius 2 is 2.08 bits per heavy atom. The molecule has 1 aromatic carbocycles. The predicted octanol–water partition coefficient (Wildman–Crippen LogP) is 0.374. The van der Waals surface area contributed by atoms with Gasteiger partial charge in [-0.2, -0.15) is 0 Å². The third-order valence-electron chi connectivity index (χ3n) is 2.08. The molecule has 1 aromatic rings. The number of hydrogen-bond acceptors (Lipinski definition) is 4. The van der Waals surface area contributed by atoms with E-state index in [0.717, 1.165) is 17.1 Å². The summed E-state index contributed by atoms with van der Waals surface area (Å²) in [5, 5.41) is 0. The van der Waals surface area contributed by atoms with Crippen molar-refractivity contribution in [3.63, 3.8) is 0 Å². The molecule has 13 heavy (non-hydrogen) atoms. The minimum absolute atomic E-state index is 0.130. The van der Waals surface area contributed by atoms with E-state index in [2.05, 4.69) is 0 Å². The Morgan fingerprint density at radius 3 is 2.85 bits per heavy atom. The fraction of sp³-hybridized carbons (Fsp3) is 0.333. The number of nitrogens with two attached hydrogens (primary N) is 2. The van der Waals surface area contributed by atoms with E-state index >= 15 is 0 Å². The van der Waals surface area contributed by atoms with Crippen LogP contribution in [0.25, 0.3) is 0 Å². The molecule has 1 aliphatic heterocycles. The highest BCUT2D eigenvalue weighted by molar-refractivity contribution is 5.45. The maximum Gasteiger partial charge on any atom is 0.231 e. The number of rotatable bonds is 2. The van der Waals surface area contributed by atoms with E-state index in [0.29, 0.717) is 6.54 Å². The summed E-state index contributed by atoms with van der Waals surface area (Å²) < 4.78 is 10.4. The normalized spacial score (nSPS) is 15.8. The van der Waals surface area contributed by atoms with E-state index in [-0.39, 0.29) is 12.8 Å². The van der Waals surface area contributed by atoms with Gasteiger partial charge in [-0.25, -0.2) is 0 Å². The first-order valence-corrected chi connectivity index (χ1v) is 4.16. The van der Waals surface area contributed by atoms with Crippen LogP contribution >= 0.6 is 0 Å². The second-order valence-corrected chi connectivity index (χ2v) is 2.95. The molecule has 70 valence electrons. The van der Waals surface area contributed by atoms with Crippen molar-refractivity contribution < 1.29 is 9.47 Å². The Labute approximate surface area is 76.4 Å². The average molecular weight is 180 g/mol. The van der Waals surface area contributed by atoms with E-state index in [9.17, 15) is 0 Å². The molecule has 1 heterocycles. The Balaban J connectivity index is 2.30. The molecule has 0 bridgehead atoms. The highest BCUT2D eigenvalue weighted by atomic mass is 16.7. The first-order valence-electron chi connectivity index (χ1n) is 4.16. The van der Waals surface area contributed by atoms with Gasteiger partial charge in [-0.1, -0.05) is 6.07 Å². The minimum Gasteiger partial charge on any atom is -0.454 e. The molecule has 4 N–H and O–H groups in total. The first-order chi connectivity index (χ1) is 6.31. The molecule has 0 amide bonds. The van der Waals surface area contributed by atoms with Gasteiger partial charge in [0.25, 0.3) is 0 Å². The smallest absolute Gasteiger partial charge is 0.231 e. The fourth-order valence-corrected chi connectivity index (χ4v) is 1.28. The van der Waals surface area contributed by atoms with Crippen LogP contribution in [0.2, 0.25) is 0 Å². The van der Waals surface area contributed by atoms with Crippen molar-refractivity contribution in [2.75, 3.05) is 13.3 Å². The molecule has 1 aliphatic rings. The third kappa shape index (κ3) is 1.46. The second kappa shape index (κ2) is 3.24. The standard InChI is InChI=1S/C9H12N2O2/c10-4-7(11)6-1-2-8-9(3-6)13-5-12-8/h1-3,7H,4-5,10-11H2/t7-/m0/s1. The Morgan fingerprint density at radius 1 is 1.31 bits per heavy atom. The lowest BCUT2D eigenvalue weighted by atomic mass is 10.1. The van der Waals surface area contributed by atoms with E-state index < -0.39 is 0 Å². The molecular weight excluding hydrogens is 168 g/mol. The van der Waals surface area contributed by atoms with Gasteiger partial charge in [0.15, 0.2) is 11.5 Å². The zero-order chi connectivity index (χ0) is 9.26. The van der Waals surface area contributed by atoms with Crippen LogP contribution in [-0.2, 0) is 0 Å². The van der Waals surface area contributed by atoms with Crippen LogP contribution in [0.1, 0.15) is 11.6 Å². The van der Waals surface area contributed by atoms with Crippen molar-refractivity contribution >= 4 is 0 Å². The highest BCUT2D eigenvalue weighted by Gasteiger charge is 2.14. The lowest BCUT2D eigenvalue weighted by molar-refractivity contribution is 0.174. The average Bonchev–Trinajstić information content (AvgIpc) is 2.63. The van der Waals surface area contributed by atoms with Gasteiger partial charge in [0, 0.05) is 12.6 Å². The van der Waals surface area contributed by atoms with Gasteiger partial charge < -0.3 is 20.9 Å². The molecule has 0 spiro atoms. The van der Waals surface area contributed by atoms with Crippen LogP contribution in [0.15, 0.2) is 18.2 Å². The maximum atomic E-state index is 5.77. The molecule has 0 saturated heterocycles. The number of benzene rings is 1. The molecule has 0 fully saturated rings. The van der Waals surface area contributed by atoms with Crippen LogP contribution < -0.4 is 20.9 Å². The summed E-state index contributed by atoms with van der Waals surface area (Å²) in [5.74, 6) is 1.52. The Bertz CT molecular complexity index is 314. The van der Waals surface area contributed by atoms with Crippen LogP contribution in [0.3, 0.4) is 0 Å². The minimum atomic E-state index is -0.130. The molecule has 0 radical (unpaired) electrons. The maximum absolute atomic E-state index is 5.77. The van der Waals surface area contributed by atoms with Crippen molar-refractivity contribution in [3.05, 3.63) is 23.8 Å².